The summed E-state index contributed by atoms with van der Waals surface area (Å²) in [4.78, 5) is 14.2. The van der Waals surface area contributed by atoms with Crippen LogP contribution in [0.2, 0.25) is 0 Å². The van der Waals surface area contributed by atoms with Gasteiger partial charge in [0.15, 0.2) is 0 Å². The van der Waals surface area contributed by atoms with Gasteiger partial charge in [-0.25, -0.2) is 4.79 Å². The van der Waals surface area contributed by atoms with Crippen LogP contribution in [0.3, 0.4) is 0 Å². The van der Waals surface area contributed by atoms with Crippen molar-refractivity contribution in [3.8, 4) is 5.75 Å². The molecule has 1 aromatic carbocycles. The third-order valence-electron chi connectivity index (χ3n) is 2.86. The van der Waals surface area contributed by atoms with Crippen molar-refractivity contribution in [2.75, 3.05) is 7.11 Å². The molecule has 0 amide bonds. The van der Waals surface area contributed by atoms with Crippen molar-refractivity contribution in [2.24, 2.45) is 5.73 Å². The molecule has 1 unspecified atom stereocenters. The average Bonchev–Trinajstić information content (AvgIpc) is 2.67. The number of aromatic amines is 1. The fourth-order valence-corrected chi connectivity index (χ4v) is 2.13. The van der Waals surface area contributed by atoms with Crippen molar-refractivity contribution in [3.63, 3.8) is 0 Å². The minimum Gasteiger partial charge on any atom is -0.495 e. The number of carboxylic acids is 1. The second-order valence-electron chi connectivity index (χ2n) is 4.35. The molecule has 0 aliphatic heterocycles. The van der Waals surface area contributed by atoms with Gasteiger partial charge in [0.25, 0.3) is 0 Å². The van der Waals surface area contributed by atoms with Crippen molar-refractivity contribution in [1.82, 2.24) is 4.98 Å². The molecule has 1 aromatic heterocycles. The highest BCUT2D eigenvalue weighted by molar-refractivity contribution is 5.99. The van der Waals surface area contributed by atoms with E-state index in [1.54, 1.807) is 13.2 Å². The number of aromatic nitrogens is 1. The number of nitrogens with one attached hydrogen (secondary N) is 1. The molecule has 1 heterocycles. The third kappa shape index (κ3) is 2.04. The summed E-state index contributed by atoms with van der Waals surface area (Å²) in [5.74, 6) is -0.352. The molecule has 2 rings (SSSR count). The highest BCUT2D eigenvalue weighted by atomic mass is 16.5. The Morgan fingerprint density at radius 2 is 2.28 bits per heavy atom. The van der Waals surface area contributed by atoms with Crippen LogP contribution < -0.4 is 10.5 Å². The van der Waals surface area contributed by atoms with Gasteiger partial charge in [-0.3, -0.25) is 0 Å². The summed E-state index contributed by atoms with van der Waals surface area (Å²) >= 11 is 0. The number of rotatable bonds is 4. The number of aromatic carboxylic acids is 1. The standard InChI is InChI=1S/C13H16N2O3/c1-7(14)6-9-8-4-3-5-10(18-2)11(8)15-12(9)13(16)17/h3-5,7,15H,6,14H2,1-2H3,(H,16,17). The Morgan fingerprint density at radius 1 is 1.56 bits per heavy atom. The van der Waals surface area contributed by atoms with Gasteiger partial charge in [0, 0.05) is 11.4 Å². The summed E-state index contributed by atoms with van der Waals surface area (Å²) < 4.78 is 5.23. The first-order valence-electron chi connectivity index (χ1n) is 5.71. The van der Waals surface area contributed by atoms with Crippen LogP contribution in [0.15, 0.2) is 18.2 Å². The topological polar surface area (TPSA) is 88.3 Å². The van der Waals surface area contributed by atoms with Gasteiger partial charge in [0.05, 0.1) is 12.6 Å². The molecule has 5 nitrogen and oxygen atoms in total. The molecule has 0 radical (unpaired) electrons. The minimum atomic E-state index is -0.982. The van der Waals surface area contributed by atoms with Crippen LogP contribution in [0.5, 0.6) is 5.75 Å². The lowest BCUT2D eigenvalue weighted by atomic mass is 10.0. The van der Waals surface area contributed by atoms with E-state index in [1.807, 2.05) is 19.1 Å². The highest BCUT2D eigenvalue weighted by Gasteiger charge is 2.19. The molecular formula is C13H16N2O3. The number of H-pyrrole nitrogens is 1. The largest absolute Gasteiger partial charge is 0.495 e. The quantitative estimate of drug-likeness (QED) is 0.769. The molecule has 0 bridgehead atoms. The van der Waals surface area contributed by atoms with E-state index in [0.717, 1.165) is 10.9 Å². The molecule has 0 aliphatic carbocycles. The fraction of sp³-hybridized carbons (Fsp3) is 0.308. The van der Waals surface area contributed by atoms with Gasteiger partial charge in [-0.2, -0.15) is 0 Å². The maximum atomic E-state index is 11.3. The molecular weight excluding hydrogens is 232 g/mol. The molecule has 0 aliphatic rings. The van der Waals surface area contributed by atoms with Gasteiger partial charge in [0.2, 0.25) is 0 Å². The van der Waals surface area contributed by atoms with E-state index in [2.05, 4.69) is 4.98 Å². The van der Waals surface area contributed by atoms with Crippen LogP contribution in [0, 0.1) is 0 Å². The number of para-hydroxylation sites is 1. The maximum absolute atomic E-state index is 11.3. The summed E-state index contributed by atoms with van der Waals surface area (Å²) in [5, 5.41) is 10.1. The molecule has 5 heteroatoms. The second-order valence-corrected chi connectivity index (χ2v) is 4.35. The molecule has 0 saturated heterocycles. The summed E-state index contributed by atoms with van der Waals surface area (Å²) in [6.07, 6.45) is 0.509. The van der Waals surface area contributed by atoms with E-state index < -0.39 is 5.97 Å². The minimum absolute atomic E-state index is 0.103. The van der Waals surface area contributed by atoms with Crippen molar-refractivity contribution < 1.29 is 14.6 Å². The summed E-state index contributed by atoms with van der Waals surface area (Å²) in [6.45, 7) is 1.85. The first-order chi connectivity index (χ1) is 8.54. The zero-order valence-corrected chi connectivity index (χ0v) is 10.4. The number of fused-ring (bicyclic) bond motifs is 1. The molecule has 0 spiro atoms. The van der Waals surface area contributed by atoms with Crippen LogP contribution in [-0.4, -0.2) is 29.2 Å². The van der Waals surface area contributed by atoms with Crippen LogP contribution >= 0.6 is 0 Å². The van der Waals surface area contributed by atoms with Crippen molar-refractivity contribution >= 4 is 16.9 Å². The van der Waals surface area contributed by atoms with Crippen molar-refractivity contribution in [3.05, 3.63) is 29.5 Å². The Bertz CT molecular complexity index is 587. The Morgan fingerprint density at radius 3 is 2.83 bits per heavy atom. The smallest absolute Gasteiger partial charge is 0.352 e. The van der Waals surface area contributed by atoms with Crippen molar-refractivity contribution in [1.29, 1.82) is 0 Å². The predicted octanol–water partition coefficient (Wildman–Crippen LogP) is 1.76. The van der Waals surface area contributed by atoms with Crippen LogP contribution in [0.4, 0.5) is 0 Å². The fourth-order valence-electron chi connectivity index (χ4n) is 2.13. The third-order valence-corrected chi connectivity index (χ3v) is 2.86. The number of hydrogen-bond acceptors (Lipinski definition) is 3. The number of benzene rings is 1. The van der Waals surface area contributed by atoms with E-state index in [-0.39, 0.29) is 11.7 Å². The van der Waals surface area contributed by atoms with Gasteiger partial charge in [-0.15, -0.1) is 0 Å². The zero-order valence-electron chi connectivity index (χ0n) is 10.4. The number of ether oxygens (including phenoxy) is 1. The Kier molecular flexibility index (Phi) is 3.25. The van der Waals surface area contributed by atoms with Crippen LogP contribution in [0.1, 0.15) is 23.0 Å². The average molecular weight is 248 g/mol. The molecule has 96 valence electrons. The molecule has 0 saturated carbocycles. The highest BCUT2D eigenvalue weighted by Crippen LogP contribution is 2.30. The Hall–Kier alpha value is -2.01. The SMILES string of the molecule is COc1cccc2c(CC(C)N)c(C(=O)O)[nH]c12. The summed E-state index contributed by atoms with van der Waals surface area (Å²) in [5.41, 5.74) is 7.39. The van der Waals surface area contributed by atoms with Gasteiger partial charge in [-0.05, 0) is 25.0 Å². The van der Waals surface area contributed by atoms with E-state index in [4.69, 9.17) is 10.5 Å². The zero-order chi connectivity index (χ0) is 13.3. The predicted molar refractivity (Wildman–Crippen MR) is 69.2 cm³/mol. The van der Waals surface area contributed by atoms with E-state index >= 15 is 0 Å². The molecule has 4 N–H and O–H groups in total. The van der Waals surface area contributed by atoms with Gasteiger partial charge in [-0.1, -0.05) is 12.1 Å². The number of carboxylic acid groups (broad SMARTS) is 1. The van der Waals surface area contributed by atoms with E-state index in [0.29, 0.717) is 17.7 Å². The maximum Gasteiger partial charge on any atom is 0.352 e. The van der Waals surface area contributed by atoms with Crippen LogP contribution in [-0.2, 0) is 6.42 Å². The number of methoxy groups -OCH3 is 1. The second kappa shape index (κ2) is 4.70. The summed E-state index contributed by atoms with van der Waals surface area (Å²) in [6, 6.07) is 5.40. The Balaban J connectivity index is 2.71. The van der Waals surface area contributed by atoms with E-state index in [1.165, 1.54) is 0 Å². The number of carbonyl (C=O) groups is 1. The van der Waals surface area contributed by atoms with Gasteiger partial charge in [0.1, 0.15) is 11.4 Å². The van der Waals surface area contributed by atoms with Gasteiger partial charge >= 0.3 is 5.97 Å². The normalized spacial score (nSPS) is 12.6. The number of hydrogen-bond donors (Lipinski definition) is 3. The first kappa shape index (κ1) is 12.4. The van der Waals surface area contributed by atoms with E-state index in [9.17, 15) is 9.90 Å². The lowest BCUT2D eigenvalue weighted by molar-refractivity contribution is 0.0690. The summed E-state index contributed by atoms with van der Waals surface area (Å²) in [7, 11) is 1.56. The lowest BCUT2D eigenvalue weighted by Gasteiger charge is -2.05. The molecule has 1 atom stereocenters. The lowest BCUT2D eigenvalue weighted by Crippen LogP contribution is -2.19. The molecule has 2 aromatic rings. The first-order valence-corrected chi connectivity index (χ1v) is 5.71. The monoisotopic (exact) mass is 248 g/mol. The van der Waals surface area contributed by atoms with Gasteiger partial charge < -0.3 is 20.6 Å². The Labute approximate surface area is 105 Å². The number of nitrogens with two attached hydrogens (primary N) is 1. The van der Waals surface area contributed by atoms with Crippen molar-refractivity contribution in [2.45, 2.75) is 19.4 Å². The molecule has 18 heavy (non-hydrogen) atoms. The molecule has 0 fully saturated rings. The van der Waals surface area contributed by atoms with Crippen LogP contribution in [0.25, 0.3) is 10.9 Å².